The van der Waals surface area contributed by atoms with Crippen molar-refractivity contribution in [2.75, 3.05) is 5.75 Å². The summed E-state index contributed by atoms with van der Waals surface area (Å²) in [4.78, 5) is 20.1. The van der Waals surface area contributed by atoms with Crippen LogP contribution in [-0.2, 0) is 12.6 Å². The molecule has 0 amide bonds. The zero-order chi connectivity index (χ0) is 23.2. The van der Waals surface area contributed by atoms with Crippen LogP contribution in [0, 0.1) is 25.5 Å². The Labute approximate surface area is 183 Å². The lowest BCUT2D eigenvalue weighted by molar-refractivity contribution is -0.138. The van der Waals surface area contributed by atoms with Gasteiger partial charge in [-0.05, 0) is 50.1 Å². The fourth-order valence-corrected chi connectivity index (χ4v) is 4.62. The first-order valence-corrected chi connectivity index (χ1v) is 10.6. The molecule has 3 heterocycles. The van der Waals surface area contributed by atoms with Gasteiger partial charge >= 0.3 is 6.18 Å². The number of hydrogen-bond donors (Lipinski definition) is 1. The highest BCUT2D eigenvalue weighted by atomic mass is 32.2. The Morgan fingerprint density at radius 1 is 1.16 bits per heavy atom. The summed E-state index contributed by atoms with van der Waals surface area (Å²) in [7, 11) is 0. The van der Waals surface area contributed by atoms with Crippen molar-refractivity contribution in [2.45, 2.75) is 37.8 Å². The van der Waals surface area contributed by atoms with Crippen molar-refractivity contribution in [3.63, 3.8) is 0 Å². The number of rotatable bonds is 3. The SMILES string of the molecule is Cc1c(Oc2ncc(C(F)(F)F)c(C)c2-c2cc(=O)c3c([nH]2)CCCS3)ccc(F)c1F. The highest BCUT2D eigenvalue weighted by Crippen LogP contribution is 2.41. The maximum atomic E-state index is 14.0. The molecular formula is C22H17F5N2O2S. The van der Waals surface area contributed by atoms with Gasteiger partial charge in [0.15, 0.2) is 17.1 Å². The molecule has 4 rings (SSSR count). The number of alkyl halides is 3. The third-order valence-electron chi connectivity index (χ3n) is 5.25. The molecule has 0 unspecified atom stereocenters. The van der Waals surface area contributed by atoms with Gasteiger partial charge in [-0.15, -0.1) is 11.8 Å². The highest BCUT2D eigenvalue weighted by Gasteiger charge is 2.35. The van der Waals surface area contributed by atoms with Crippen LogP contribution in [0.5, 0.6) is 11.6 Å². The van der Waals surface area contributed by atoms with E-state index in [0.29, 0.717) is 23.2 Å². The minimum absolute atomic E-state index is 0.0700. The summed E-state index contributed by atoms with van der Waals surface area (Å²) >= 11 is 1.39. The van der Waals surface area contributed by atoms with E-state index in [4.69, 9.17) is 4.74 Å². The summed E-state index contributed by atoms with van der Waals surface area (Å²) < 4.78 is 73.8. The Morgan fingerprint density at radius 3 is 2.62 bits per heavy atom. The molecule has 1 aromatic carbocycles. The van der Waals surface area contributed by atoms with E-state index >= 15 is 0 Å². The first kappa shape index (κ1) is 22.3. The Kier molecular flexibility index (Phi) is 5.74. The van der Waals surface area contributed by atoms with Gasteiger partial charge in [-0.25, -0.2) is 13.8 Å². The number of pyridine rings is 2. The van der Waals surface area contributed by atoms with E-state index in [-0.39, 0.29) is 39.4 Å². The summed E-state index contributed by atoms with van der Waals surface area (Å²) in [6.45, 7) is 2.53. The van der Waals surface area contributed by atoms with E-state index in [1.807, 2.05) is 0 Å². The lowest BCUT2D eigenvalue weighted by Crippen LogP contribution is -2.15. The predicted molar refractivity (Wildman–Crippen MR) is 110 cm³/mol. The second-order valence-electron chi connectivity index (χ2n) is 7.37. The van der Waals surface area contributed by atoms with Gasteiger partial charge in [0.05, 0.1) is 21.7 Å². The third kappa shape index (κ3) is 3.99. The number of nitrogens with zero attached hydrogens (tertiary/aromatic N) is 1. The molecular weight excluding hydrogens is 451 g/mol. The topological polar surface area (TPSA) is 55.0 Å². The molecule has 4 nitrogen and oxygen atoms in total. The molecule has 0 bridgehead atoms. The van der Waals surface area contributed by atoms with Crippen molar-refractivity contribution >= 4 is 11.8 Å². The smallest absolute Gasteiger partial charge is 0.418 e. The molecule has 2 aromatic heterocycles. The van der Waals surface area contributed by atoms with Crippen molar-refractivity contribution in [3.05, 3.63) is 68.6 Å². The van der Waals surface area contributed by atoms with Gasteiger partial charge < -0.3 is 9.72 Å². The number of halogens is 5. The largest absolute Gasteiger partial charge is 0.438 e. The fraction of sp³-hybridized carbons (Fsp3) is 0.273. The molecule has 1 aliphatic heterocycles. The van der Waals surface area contributed by atoms with E-state index in [2.05, 4.69) is 9.97 Å². The molecule has 0 radical (unpaired) electrons. The summed E-state index contributed by atoms with van der Waals surface area (Å²) in [5.41, 5.74) is -0.995. The minimum Gasteiger partial charge on any atom is -0.438 e. The number of H-pyrrole nitrogens is 1. The van der Waals surface area contributed by atoms with Crippen LogP contribution < -0.4 is 10.2 Å². The molecule has 0 saturated carbocycles. The van der Waals surface area contributed by atoms with Gasteiger partial charge in [-0.1, -0.05) is 0 Å². The maximum absolute atomic E-state index is 14.0. The van der Waals surface area contributed by atoms with Crippen LogP contribution >= 0.6 is 11.8 Å². The lowest BCUT2D eigenvalue weighted by atomic mass is 10.0. The van der Waals surface area contributed by atoms with Gasteiger partial charge in [0.25, 0.3) is 0 Å². The average molecular weight is 468 g/mol. The van der Waals surface area contributed by atoms with Crippen molar-refractivity contribution in [1.82, 2.24) is 9.97 Å². The first-order valence-electron chi connectivity index (χ1n) is 9.66. The van der Waals surface area contributed by atoms with E-state index in [0.717, 1.165) is 18.2 Å². The zero-order valence-electron chi connectivity index (χ0n) is 17.0. The number of fused-ring (bicyclic) bond motifs is 1. The molecule has 0 aliphatic carbocycles. The number of aryl methyl sites for hydroxylation is 1. The summed E-state index contributed by atoms with van der Waals surface area (Å²) in [5.74, 6) is -1.80. The van der Waals surface area contributed by atoms with Crippen molar-refractivity contribution < 1.29 is 26.7 Å². The quantitative estimate of drug-likeness (QED) is 0.467. The van der Waals surface area contributed by atoms with Crippen LogP contribution in [0.4, 0.5) is 22.0 Å². The fourth-order valence-electron chi connectivity index (χ4n) is 3.60. The first-order chi connectivity index (χ1) is 15.1. The lowest BCUT2D eigenvalue weighted by Gasteiger charge is -2.20. The molecule has 0 spiro atoms. The summed E-state index contributed by atoms with van der Waals surface area (Å²) in [6.07, 6.45) is -2.67. The standard InChI is InChI=1S/C22H17F5N2O2S/c1-10-12(22(25,26)27)9-28-21(31-17-6-5-13(23)19(24)11(17)2)18(10)15-8-16(30)20-14(29-15)4-3-7-32-20/h5-6,8-9H,3-4,7H2,1-2H3,(H,29,30). The Bertz CT molecular complexity index is 1270. The van der Waals surface area contributed by atoms with E-state index < -0.39 is 23.4 Å². The number of ether oxygens (including phenoxy) is 1. The molecule has 0 saturated heterocycles. The Morgan fingerprint density at radius 2 is 1.91 bits per heavy atom. The van der Waals surface area contributed by atoms with E-state index in [1.54, 1.807) is 0 Å². The number of aromatic nitrogens is 2. The third-order valence-corrected chi connectivity index (χ3v) is 6.48. The molecule has 168 valence electrons. The van der Waals surface area contributed by atoms with E-state index in [1.165, 1.54) is 37.7 Å². The number of nitrogens with one attached hydrogen (secondary N) is 1. The summed E-state index contributed by atoms with van der Waals surface area (Å²) in [6, 6.07) is 3.23. The van der Waals surface area contributed by atoms with Crippen LogP contribution in [-0.4, -0.2) is 15.7 Å². The normalized spacial score (nSPS) is 13.7. The highest BCUT2D eigenvalue weighted by molar-refractivity contribution is 7.99. The molecule has 1 aliphatic rings. The molecule has 1 N–H and O–H groups in total. The van der Waals surface area contributed by atoms with Crippen LogP contribution in [0.15, 0.2) is 34.1 Å². The average Bonchev–Trinajstić information content (AvgIpc) is 2.73. The van der Waals surface area contributed by atoms with Gasteiger partial charge in [-0.2, -0.15) is 13.2 Å². The number of hydrogen-bond acceptors (Lipinski definition) is 4. The molecule has 32 heavy (non-hydrogen) atoms. The van der Waals surface area contributed by atoms with Crippen molar-refractivity contribution in [3.8, 4) is 22.9 Å². The second-order valence-corrected chi connectivity index (χ2v) is 8.47. The van der Waals surface area contributed by atoms with Gasteiger partial charge in [0.2, 0.25) is 5.88 Å². The van der Waals surface area contributed by atoms with Crippen LogP contribution in [0.25, 0.3) is 11.3 Å². The Balaban J connectivity index is 1.93. The van der Waals surface area contributed by atoms with Gasteiger partial charge in [-0.3, -0.25) is 4.79 Å². The van der Waals surface area contributed by atoms with Gasteiger partial charge in [0.1, 0.15) is 5.75 Å². The molecule has 10 heteroatoms. The van der Waals surface area contributed by atoms with Gasteiger partial charge in [0, 0.05) is 23.5 Å². The summed E-state index contributed by atoms with van der Waals surface area (Å²) in [5, 5.41) is 0. The second kappa shape index (κ2) is 8.23. The van der Waals surface area contributed by atoms with Crippen LogP contribution in [0.1, 0.15) is 28.8 Å². The zero-order valence-corrected chi connectivity index (χ0v) is 17.8. The van der Waals surface area contributed by atoms with Crippen LogP contribution in [0.3, 0.4) is 0 Å². The maximum Gasteiger partial charge on any atom is 0.418 e. The van der Waals surface area contributed by atoms with Crippen molar-refractivity contribution in [1.29, 1.82) is 0 Å². The minimum atomic E-state index is -4.69. The molecule has 3 aromatic rings. The monoisotopic (exact) mass is 468 g/mol. The number of thioether (sulfide) groups is 1. The Hall–Kier alpha value is -2.88. The predicted octanol–water partition coefficient (Wildman–Crippen LogP) is 6.18. The van der Waals surface area contributed by atoms with Crippen molar-refractivity contribution in [2.24, 2.45) is 0 Å². The van der Waals surface area contributed by atoms with E-state index in [9.17, 15) is 26.7 Å². The molecule has 0 atom stereocenters. The number of benzene rings is 1. The number of aromatic amines is 1. The molecule has 0 fully saturated rings. The van der Waals surface area contributed by atoms with Crippen LogP contribution in [0.2, 0.25) is 0 Å².